The number of amides is 1. The molecule has 0 heterocycles. The second kappa shape index (κ2) is 5.59. The predicted molar refractivity (Wildman–Crippen MR) is 67.1 cm³/mol. The van der Waals surface area contributed by atoms with Gasteiger partial charge in [-0.1, -0.05) is 15.9 Å². The Bertz CT molecular complexity index is 530. The Hall–Kier alpha value is -0.950. The summed E-state index contributed by atoms with van der Waals surface area (Å²) in [6.45, 7) is 0. The van der Waals surface area contributed by atoms with Crippen molar-refractivity contribution in [1.29, 1.82) is 0 Å². The number of rotatable bonds is 4. The molecule has 1 aromatic carbocycles. The van der Waals surface area contributed by atoms with Gasteiger partial charge in [0.05, 0.1) is 11.4 Å². The van der Waals surface area contributed by atoms with Gasteiger partial charge in [0.2, 0.25) is 5.91 Å². The quantitative estimate of drug-likeness (QED) is 0.921. The molecule has 1 aromatic rings. The topological polar surface area (TPSA) is 63.2 Å². The SMILES string of the molecule is CS(=O)(=O)CCC(=O)Nc1ccc(Br)cc1F. The molecule has 0 bridgehead atoms. The molecule has 0 fully saturated rings. The van der Waals surface area contributed by atoms with Crippen molar-refractivity contribution >= 4 is 37.4 Å². The van der Waals surface area contributed by atoms with Crippen molar-refractivity contribution in [2.45, 2.75) is 6.42 Å². The fourth-order valence-electron chi connectivity index (χ4n) is 1.08. The second-order valence-corrected chi connectivity index (χ2v) is 6.73. The molecule has 0 unspecified atom stereocenters. The van der Waals surface area contributed by atoms with Gasteiger partial charge in [0, 0.05) is 17.1 Å². The molecule has 0 saturated carbocycles. The Morgan fingerprint density at radius 1 is 1.47 bits per heavy atom. The molecule has 4 nitrogen and oxygen atoms in total. The smallest absolute Gasteiger partial charge is 0.225 e. The van der Waals surface area contributed by atoms with Crippen LogP contribution in [0.2, 0.25) is 0 Å². The van der Waals surface area contributed by atoms with Crippen LogP contribution in [0.25, 0.3) is 0 Å². The van der Waals surface area contributed by atoms with Crippen molar-refractivity contribution in [3.8, 4) is 0 Å². The predicted octanol–water partition coefficient (Wildman–Crippen LogP) is 1.96. The molecule has 0 aromatic heterocycles. The van der Waals surface area contributed by atoms with Gasteiger partial charge in [-0.2, -0.15) is 0 Å². The second-order valence-electron chi connectivity index (χ2n) is 3.55. The maximum absolute atomic E-state index is 13.3. The van der Waals surface area contributed by atoms with Gasteiger partial charge in [-0.3, -0.25) is 4.79 Å². The first kappa shape index (κ1) is 14.1. The third-order valence-electron chi connectivity index (χ3n) is 1.91. The molecule has 94 valence electrons. The molecule has 1 N–H and O–H groups in total. The van der Waals surface area contributed by atoms with Crippen LogP contribution >= 0.6 is 15.9 Å². The molecule has 1 rings (SSSR count). The van der Waals surface area contributed by atoms with Crippen molar-refractivity contribution in [3.05, 3.63) is 28.5 Å². The highest BCUT2D eigenvalue weighted by Gasteiger charge is 2.10. The van der Waals surface area contributed by atoms with Gasteiger partial charge in [0.15, 0.2) is 0 Å². The molecule has 0 saturated heterocycles. The van der Waals surface area contributed by atoms with E-state index < -0.39 is 21.6 Å². The van der Waals surface area contributed by atoms with E-state index >= 15 is 0 Å². The summed E-state index contributed by atoms with van der Waals surface area (Å²) in [5.74, 6) is -1.36. The number of sulfone groups is 1. The molecular formula is C10H11BrFNO3S. The van der Waals surface area contributed by atoms with E-state index in [9.17, 15) is 17.6 Å². The van der Waals surface area contributed by atoms with Gasteiger partial charge in [-0.15, -0.1) is 0 Å². The van der Waals surface area contributed by atoms with E-state index in [0.717, 1.165) is 6.26 Å². The van der Waals surface area contributed by atoms with Gasteiger partial charge >= 0.3 is 0 Å². The third-order valence-corrected chi connectivity index (χ3v) is 3.34. The summed E-state index contributed by atoms with van der Waals surface area (Å²) in [7, 11) is -3.19. The number of halogens is 2. The van der Waals surface area contributed by atoms with E-state index in [1.165, 1.54) is 12.1 Å². The van der Waals surface area contributed by atoms with Crippen LogP contribution in [0.5, 0.6) is 0 Å². The van der Waals surface area contributed by atoms with Crippen LogP contribution in [-0.4, -0.2) is 26.3 Å². The van der Waals surface area contributed by atoms with Gasteiger partial charge < -0.3 is 5.32 Å². The fourth-order valence-corrected chi connectivity index (χ4v) is 1.97. The van der Waals surface area contributed by atoms with Crippen molar-refractivity contribution in [1.82, 2.24) is 0 Å². The van der Waals surface area contributed by atoms with Crippen molar-refractivity contribution in [3.63, 3.8) is 0 Å². The molecule has 0 aliphatic carbocycles. The van der Waals surface area contributed by atoms with Crippen LogP contribution < -0.4 is 5.32 Å². The van der Waals surface area contributed by atoms with E-state index in [-0.39, 0.29) is 17.9 Å². The average molecular weight is 324 g/mol. The summed E-state index contributed by atoms with van der Waals surface area (Å²) in [5.41, 5.74) is 0.0340. The number of carbonyl (C=O) groups is 1. The lowest BCUT2D eigenvalue weighted by molar-refractivity contribution is -0.115. The highest BCUT2D eigenvalue weighted by Crippen LogP contribution is 2.19. The van der Waals surface area contributed by atoms with Crippen molar-refractivity contribution < 1.29 is 17.6 Å². The average Bonchev–Trinajstić information content (AvgIpc) is 2.18. The molecule has 0 atom stereocenters. The summed E-state index contributed by atoms with van der Waals surface area (Å²) < 4.78 is 35.6. The van der Waals surface area contributed by atoms with Crippen LogP contribution in [0.4, 0.5) is 10.1 Å². The highest BCUT2D eigenvalue weighted by atomic mass is 79.9. The lowest BCUT2D eigenvalue weighted by atomic mass is 10.3. The lowest BCUT2D eigenvalue weighted by Gasteiger charge is -2.06. The Kier molecular flexibility index (Phi) is 4.64. The van der Waals surface area contributed by atoms with Crippen LogP contribution in [0.1, 0.15) is 6.42 Å². The minimum atomic E-state index is -3.19. The highest BCUT2D eigenvalue weighted by molar-refractivity contribution is 9.10. The zero-order chi connectivity index (χ0) is 13.1. The van der Waals surface area contributed by atoms with Crippen LogP contribution in [0.3, 0.4) is 0 Å². The van der Waals surface area contributed by atoms with E-state index in [2.05, 4.69) is 21.2 Å². The molecular weight excluding hydrogens is 313 g/mol. The Morgan fingerprint density at radius 2 is 2.12 bits per heavy atom. The lowest BCUT2D eigenvalue weighted by Crippen LogP contribution is -2.17. The van der Waals surface area contributed by atoms with Gasteiger partial charge in [0.25, 0.3) is 0 Å². The molecule has 17 heavy (non-hydrogen) atoms. The number of carbonyl (C=O) groups excluding carboxylic acids is 1. The number of hydrogen-bond acceptors (Lipinski definition) is 3. The van der Waals surface area contributed by atoms with Gasteiger partial charge in [-0.25, -0.2) is 12.8 Å². The van der Waals surface area contributed by atoms with Crippen LogP contribution in [-0.2, 0) is 14.6 Å². The van der Waals surface area contributed by atoms with Crippen molar-refractivity contribution in [2.24, 2.45) is 0 Å². The molecule has 7 heteroatoms. The van der Waals surface area contributed by atoms with Gasteiger partial charge in [0.1, 0.15) is 15.7 Å². The largest absolute Gasteiger partial charge is 0.324 e. The van der Waals surface area contributed by atoms with E-state index in [4.69, 9.17) is 0 Å². The first-order chi connectivity index (χ1) is 7.78. The number of anilines is 1. The molecule has 1 amide bonds. The molecule has 0 radical (unpaired) electrons. The maximum Gasteiger partial charge on any atom is 0.225 e. The normalized spacial score (nSPS) is 11.2. The molecule has 0 aliphatic heterocycles. The maximum atomic E-state index is 13.3. The summed E-state index contributed by atoms with van der Waals surface area (Å²) >= 11 is 3.09. The minimum Gasteiger partial charge on any atom is -0.324 e. The summed E-state index contributed by atoms with van der Waals surface area (Å²) in [4.78, 5) is 11.3. The summed E-state index contributed by atoms with van der Waals surface area (Å²) in [6.07, 6.45) is 0.856. The Labute approximate surface area is 107 Å². The number of hydrogen-bond donors (Lipinski definition) is 1. The molecule has 0 aliphatic rings. The Morgan fingerprint density at radius 3 is 2.65 bits per heavy atom. The number of nitrogens with one attached hydrogen (secondary N) is 1. The fraction of sp³-hybridized carbons (Fsp3) is 0.300. The Balaban J connectivity index is 2.62. The number of benzene rings is 1. The minimum absolute atomic E-state index is 0.0340. The van der Waals surface area contributed by atoms with E-state index in [1.54, 1.807) is 6.07 Å². The summed E-state index contributed by atoms with van der Waals surface area (Å²) in [5, 5.41) is 2.31. The van der Waals surface area contributed by atoms with Gasteiger partial charge in [-0.05, 0) is 18.2 Å². The third kappa shape index (κ3) is 5.27. The first-order valence-corrected chi connectivity index (χ1v) is 7.56. The molecule has 0 spiro atoms. The van der Waals surface area contributed by atoms with Crippen molar-refractivity contribution in [2.75, 3.05) is 17.3 Å². The van der Waals surface area contributed by atoms with Crippen LogP contribution in [0, 0.1) is 5.82 Å². The zero-order valence-electron chi connectivity index (χ0n) is 9.04. The van der Waals surface area contributed by atoms with E-state index in [0.29, 0.717) is 4.47 Å². The van der Waals surface area contributed by atoms with Crippen LogP contribution in [0.15, 0.2) is 22.7 Å². The first-order valence-electron chi connectivity index (χ1n) is 4.70. The zero-order valence-corrected chi connectivity index (χ0v) is 11.4. The standard InChI is InChI=1S/C10H11BrFNO3S/c1-17(15,16)5-4-10(14)13-9-3-2-7(11)6-8(9)12/h2-3,6H,4-5H2,1H3,(H,13,14). The van der Waals surface area contributed by atoms with E-state index in [1.807, 2.05) is 0 Å². The monoisotopic (exact) mass is 323 g/mol. The summed E-state index contributed by atoms with van der Waals surface area (Å²) in [6, 6.07) is 4.19.